The van der Waals surface area contributed by atoms with Gasteiger partial charge in [-0.2, -0.15) is 0 Å². The second kappa shape index (κ2) is 4.64. The van der Waals surface area contributed by atoms with Crippen molar-refractivity contribution < 1.29 is 4.79 Å². The summed E-state index contributed by atoms with van der Waals surface area (Å²) >= 11 is 0. The van der Waals surface area contributed by atoms with E-state index >= 15 is 0 Å². The van der Waals surface area contributed by atoms with Crippen molar-refractivity contribution in [2.24, 2.45) is 16.1 Å². The summed E-state index contributed by atoms with van der Waals surface area (Å²) in [6, 6.07) is 0. The fourth-order valence-corrected chi connectivity index (χ4v) is 0.852. The summed E-state index contributed by atoms with van der Waals surface area (Å²) in [5.74, 6) is 0.404. The summed E-state index contributed by atoms with van der Waals surface area (Å²) in [5, 5.41) is 2.82. The zero-order valence-corrected chi connectivity index (χ0v) is 10.6. The van der Waals surface area contributed by atoms with Gasteiger partial charge in [-0.25, -0.2) is 0 Å². The molecule has 0 unspecified atom stereocenters. The number of amidine groups is 1. The maximum absolute atomic E-state index is 11.4. The Kier molecular flexibility index (Phi) is 4.31. The van der Waals surface area contributed by atoms with Crippen LogP contribution in [0.5, 0.6) is 0 Å². The second-order valence-electron chi connectivity index (χ2n) is 5.75. The lowest BCUT2D eigenvalue weighted by Crippen LogP contribution is -2.42. The highest BCUT2D eigenvalue weighted by Crippen LogP contribution is 2.12. The largest absolute Gasteiger partial charge is 0.387 e. The number of rotatable bonds is 2. The molecule has 0 radical (unpaired) electrons. The Morgan fingerprint density at radius 3 is 2.00 bits per heavy atom. The predicted octanol–water partition coefficient (Wildman–Crippen LogP) is 1.30. The average molecular weight is 213 g/mol. The van der Waals surface area contributed by atoms with Gasteiger partial charge in [0.15, 0.2) is 0 Å². The van der Waals surface area contributed by atoms with Gasteiger partial charge in [-0.1, -0.05) is 20.8 Å². The number of hydrogen-bond acceptors (Lipinski definition) is 2. The first-order chi connectivity index (χ1) is 6.52. The molecule has 0 aliphatic rings. The molecule has 15 heavy (non-hydrogen) atoms. The van der Waals surface area contributed by atoms with Crippen LogP contribution in [0.1, 0.15) is 41.5 Å². The normalized spacial score (nSPS) is 13.9. The third-order valence-electron chi connectivity index (χ3n) is 1.68. The van der Waals surface area contributed by atoms with E-state index in [0.717, 1.165) is 0 Å². The Bertz CT molecular complexity index is 256. The van der Waals surface area contributed by atoms with Crippen molar-refractivity contribution >= 4 is 11.7 Å². The summed E-state index contributed by atoms with van der Waals surface area (Å²) in [4.78, 5) is 15.5. The maximum Gasteiger partial charge on any atom is 0.242 e. The van der Waals surface area contributed by atoms with Crippen LogP contribution < -0.4 is 11.1 Å². The molecule has 0 heterocycles. The van der Waals surface area contributed by atoms with Crippen LogP contribution in [-0.2, 0) is 4.79 Å². The molecule has 4 nitrogen and oxygen atoms in total. The highest BCUT2D eigenvalue weighted by molar-refractivity contribution is 5.88. The Hall–Kier alpha value is -1.06. The van der Waals surface area contributed by atoms with E-state index in [9.17, 15) is 4.79 Å². The molecule has 0 bridgehead atoms. The molecule has 0 aliphatic heterocycles. The van der Waals surface area contributed by atoms with Crippen LogP contribution in [0.2, 0.25) is 0 Å². The molecule has 0 aliphatic carbocycles. The first-order valence-electron chi connectivity index (χ1n) is 5.14. The summed E-state index contributed by atoms with van der Waals surface area (Å²) in [6.45, 7) is 11.8. The van der Waals surface area contributed by atoms with E-state index in [0.29, 0.717) is 5.84 Å². The summed E-state index contributed by atoms with van der Waals surface area (Å²) in [6.07, 6.45) is 0. The van der Waals surface area contributed by atoms with E-state index in [2.05, 4.69) is 10.3 Å². The lowest BCUT2D eigenvalue weighted by atomic mass is 9.95. The smallest absolute Gasteiger partial charge is 0.242 e. The summed E-state index contributed by atoms with van der Waals surface area (Å²) in [5.41, 5.74) is 5.34. The van der Waals surface area contributed by atoms with Crippen molar-refractivity contribution in [3.05, 3.63) is 0 Å². The molecule has 0 spiro atoms. The van der Waals surface area contributed by atoms with Crippen molar-refractivity contribution in [3.63, 3.8) is 0 Å². The van der Waals surface area contributed by atoms with E-state index in [1.165, 1.54) is 0 Å². The standard InChI is InChI=1S/C11H23N3O/c1-10(2,3)9(12)13-7-8(15)14-11(4,5)6/h7H2,1-6H3,(H2,12,13)(H,14,15). The Balaban J connectivity index is 4.23. The summed E-state index contributed by atoms with van der Waals surface area (Å²) < 4.78 is 0. The van der Waals surface area contributed by atoms with Crippen molar-refractivity contribution in [1.29, 1.82) is 0 Å². The van der Waals surface area contributed by atoms with Gasteiger partial charge in [-0.15, -0.1) is 0 Å². The SMILES string of the molecule is CC(C)(C)NC(=O)CN=C(N)C(C)(C)C. The van der Waals surface area contributed by atoms with Crippen LogP contribution in [0.25, 0.3) is 0 Å². The average Bonchev–Trinajstić information content (AvgIpc) is 1.94. The quantitative estimate of drug-likeness (QED) is 0.536. The molecular formula is C11H23N3O. The maximum atomic E-state index is 11.4. The molecule has 0 aromatic rings. The van der Waals surface area contributed by atoms with E-state index in [1.54, 1.807) is 0 Å². The molecule has 1 amide bonds. The molecule has 88 valence electrons. The number of hydrogen-bond donors (Lipinski definition) is 2. The number of carbonyl (C=O) groups is 1. The number of aliphatic imine (C=N–C) groups is 1. The molecule has 0 saturated heterocycles. The molecule has 0 aromatic carbocycles. The Morgan fingerprint density at radius 1 is 1.20 bits per heavy atom. The zero-order valence-electron chi connectivity index (χ0n) is 10.6. The second-order valence-corrected chi connectivity index (χ2v) is 5.75. The lowest BCUT2D eigenvalue weighted by Gasteiger charge is -2.21. The molecule has 0 rings (SSSR count). The zero-order chi connectivity index (χ0) is 12.3. The Morgan fingerprint density at radius 2 is 1.67 bits per heavy atom. The first-order valence-corrected chi connectivity index (χ1v) is 5.14. The molecule has 0 atom stereocenters. The van der Waals surface area contributed by atoms with Crippen LogP contribution in [0, 0.1) is 5.41 Å². The number of nitrogens with two attached hydrogens (primary N) is 1. The van der Waals surface area contributed by atoms with Gasteiger partial charge < -0.3 is 11.1 Å². The van der Waals surface area contributed by atoms with Crippen LogP contribution in [0.3, 0.4) is 0 Å². The highest BCUT2D eigenvalue weighted by atomic mass is 16.2. The van der Waals surface area contributed by atoms with E-state index < -0.39 is 0 Å². The van der Waals surface area contributed by atoms with Crippen LogP contribution in [0.4, 0.5) is 0 Å². The van der Waals surface area contributed by atoms with Crippen LogP contribution in [0.15, 0.2) is 4.99 Å². The number of amides is 1. The van der Waals surface area contributed by atoms with Crippen molar-refractivity contribution in [2.75, 3.05) is 6.54 Å². The summed E-state index contributed by atoms with van der Waals surface area (Å²) in [7, 11) is 0. The van der Waals surface area contributed by atoms with Gasteiger partial charge >= 0.3 is 0 Å². The lowest BCUT2D eigenvalue weighted by molar-refractivity contribution is -0.121. The fraction of sp³-hybridized carbons (Fsp3) is 0.818. The number of carbonyl (C=O) groups excluding carboxylic acids is 1. The molecule has 0 aromatic heterocycles. The van der Waals surface area contributed by atoms with Gasteiger partial charge in [-0.05, 0) is 20.8 Å². The minimum absolute atomic E-state index is 0.0976. The van der Waals surface area contributed by atoms with E-state index in [-0.39, 0.29) is 23.4 Å². The van der Waals surface area contributed by atoms with Gasteiger partial charge in [-0.3, -0.25) is 9.79 Å². The van der Waals surface area contributed by atoms with Crippen molar-refractivity contribution in [1.82, 2.24) is 5.32 Å². The minimum Gasteiger partial charge on any atom is -0.387 e. The minimum atomic E-state index is -0.219. The van der Waals surface area contributed by atoms with Gasteiger partial charge in [0, 0.05) is 11.0 Å². The monoisotopic (exact) mass is 213 g/mol. The third kappa shape index (κ3) is 6.94. The first kappa shape index (κ1) is 13.9. The highest BCUT2D eigenvalue weighted by Gasteiger charge is 2.17. The van der Waals surface area contributed by atoms with Crippen molar-refractivity contribution in [3.8, 4) is 0 Å². The molecule has 4 heteroatoms. The molecular weight excluding hydrogens is 190 g/mol. The van der Waals surface area contributed by atoms with Gasteiger partial charge in [0.1, 0.15) is 6.54 Å². The number of nitrogens with zero attached hydrogens (tertiary/aromatic N) is 1. The van der Waals surface area contributed by atoms with Crippen LogP contribution >= 0.6 is 0 Å². The fourth-order valence-electron chi connectivity index (χ4n) is 0.852. The van der Waals surface area contributed by atoms with Gasteiger partial charge in [0.05, 0.1) is 5.84 Å². The topological polar surface area (TPSA) is 67.5 Å². The predicted molar refractivity (Wildman–Crippen MR) is 63.8 cm³/mol. The third-order valence-corrected chi connectivity index (χ3v) is 1.68. The van der Waals surface area contributed by atoms with Gasteiger partial charge in [0.25, 0.3) is 0 Å². The van der Waals surface area contributed by atoms with Crippen LogP contribution in [-0.4, -0.2) is 23.8 Å². The van der Waals surface area contributed by atoms with E-state index in [1.807, 2.05) is 41.5 Å². The molecule has 0 saturated carbocycles. The molecule has 3 N–H and O–H groups in total. The number of nitrogens with one attached hydrogen (secondary N) is 1. The Labute approximate surface area is 92.3 Å². The van der Waals surface area contributed by atoms with Gasteiger partial charge in [0.2, 0.25) is 5.91 Å². The van der Waals surface area contributed by atoms with E-state index in [4.69, 9.17) is 5.73 Å². The molecule has 0 fully saturated rings. The van der Waals surface area contributed by atoms with Crippen molar-refractivity contribution in [2.45, 2.75) is 47.1 Å².